The van der Waals surface area contributed by atoms with E-state index in [-0.39, 0.29) is 11.4 Å². The fourth-order valence-electron chi connectivity index (χ4n) is 3.75. The van der Waals surface area contributed by atoms with E-state index in [9.17, 15) is 0 Å². The summed E-state index contributed by atoms with van der Waals surface area (Å²) in [6, 6.07) is 20.2. The molecule has 1 aliphatic carbocycles. The molecule has 4 rings (SSSR count). The minimum atomic E-state index is 0.118. The lowest BCUT2D eigenvalue weighted by Gasteiger charge is -2.24. The first-order valence-corrected chi connectivity index (χ1v) is 15.4. The zero-order valence-electron chi connectivity index (χ0n) is 23.2. The van der Waals surface area contributed by atoms with E-state index in [1.807, 2.05) is 53.5 Å². The summed E-state index contributed by atoms with van der Waals surface area (Å²) < 4.78 is 8.77. The molecule has 10 heteroatoms. The Labute approximate surface area is 247 Å². The number of nitrogens with two attached hydrogens (primary N) is 1. The van der Waals surface area contributed by atoms with Crippen molar-refractivity contribution in [2.75, 3.05) is 26.5 Å². The van der Waals surface area contributed by atoms with Gasteiger partial charge in [-0.05, 0) is 60.5 Å². The van der Waals surface area contributed by atoms with Crippen LogP contribution in [0.1, 0.15) is 38.7 Å². The molecule has 1 heterocycles. The van der Waals surface area contributed by atoms with Crippen LogP contribution in [-0.4, -0.2) is 65.0 Å². The van der Waals surface area contributed by atoms with Crippen LogP contribution in [0.25, 0.3) is 0 Å². The number of ether oxygens (including phenoxy) is 1. The van der Waals surface area contributed by atoms with E-state index in [2.05, 4.69) is 42.9 Å². The molecule has 1 aliphatic heterocycles. The topological polar surface area (TPSA) is 95.5 Å². The van der Waals surface area contributed by atoms with Crippen molar-refractivity contribution >= 4 is 47.2 Å². The van der Waals surface area contributed by atoms with E-state index in [1.54, 1.807) is 19.1 Å². The number of aliphatic hydroxyl groups excluding tert-OH is 1. The Hall–Kier alpha value is -2.17. The highest BCUT2D eigenvalue weighted by Crippen LogP contribution is 2.25. The summed E-state index contributed by atoms with van der Waals surface area (Å²) in [7, 11) is 2.68. The molecule has 0 saturated heterocycles. The summed E-state index contributed by atoms with van der Waals surface area (Å²) in [4.78, 5) is 5.03. The standard InChI is InChI=1S/C22H32ClN5OS2.C6H6.CH4O/c1-15(2)21(14-30-24)25-22(27-31-19-10-6-17(23)7-11-19)28-13-12-20(26-28)16-4-8-18(29-3)9-5-16;1-2-4-6-5-3-1;1-2/h4-6,8-10,15,17,19,21H,7,11-14,24H2,1-3H3,(H,25,27);1-6H;2H,1H3. The highest BCUT2D eigenvalue weighted by molar-refractivity contribution is 7.98. The monoisotopic (exact) mass is 591 g/mol. The Morgan fingerprint density at radius 3 is 2.28 bits per heavy atom. The van der Waals surface area contributed by atoms with Crippen molar-refractivity contribution in [2.45, 2.75) is 49.8 Å². The van der Waals surface area contributed by atoms with Gasteiger partial charge in [0.25, 0.3) is 0 Å². The molecule has 4 N–H and O–H groups in total. The van der Waals surface area contributed by atoms with E-state index >= 15 is 0 Å². The molecule has 0 amide bonds. The van der Waals surface area contributed by atoms with Crippen LogP contribution in [0.3, 0.4) is 0 Å². The maximum absolute atomic E-state index is 7.00. The molecule has 0 radical (unpaired) electrons. The van der Waals surface area contributed by atoms with Crippen LogP contribution in [0.2, 0.25) is 0 Å². The smallest absolute Gasteiger partial charge is 0.225 e. The van der Waals surface area contributed by atoms with E-state index in [4.69, 9.17) is 36.7 Å². The normalized spacial score (nSPS) is 19.3. The number of hydrogen-bond donors (Lipinski definition) is 3. The van der Waals surface area contributed by atoms with Gasteiger partial charge in [-0.1, -0.05) is 74.3 Å². The van der Waals surface area contributed by atoms with Gasteiger partial charge in [-0.2, -0.15) is 5.10 Å². The molecule has 0 fully saturated rings. The summed E-state index contributed by atoms with van der Waals surface area (Å²) in [5.41, 5.74) is 2.16. The van der Waals surface area contributed by atoms with Crippen LogP contribution >= 0.6 is 35.5 Å². The second-order valence-electron chi connectivity index (χ2n) is 9.14. The summed E-state index contributed by atoms with van der Waals surface area (Å²) >= 11 is 9.20. The Kier molecular flexibility index (Phi) is 16.1. The molecule has 0 spiro atoms. The number of rotatable bonds is 8. The number of aliphatic hydroxyl groups is 1. The second kappa shape index (κ2) is 19.0. The number of halogens is 1. The quantitative estimate of drug-likeness (QED) is 0.115. The van der Waals surface area contributed by atoms with Crippen molar-refractivity contribution in [3.05, 3.63) is 78.4 Å². The number of hydrazone groups is 1. The molecule has 2 aromatic carbocycles. The zero-order valence-corrected chi connectivity index (χ0v) is 25.6. The molecule has 214 valence electrons. The van der Waals surface area contributed by atoms with Crippen molar-refractivity contribution in [1.82, 2.24) is 9.73 Å². The lowest BCUT2D eigenvalue weighted by molar-refractivity contribution is 0.399. The molecule has 3 unspecified atom stereocenters. The van der Waals surface area contributed by atoms with Crippen molar-refractivity contribution in [2.24, 2.45) is 21.2 Å². The van der Waals surface area contributed by atoms with Gasteiger partial charge in [0, 0.05) is 24.5 Å². The van der Waals surface area contributed by atoms with Gasteiger partial charge in [0.2, 0.25) is 5.96 Å². The van der Waals surface area contributed by atoms with Gasteiger partial charge in [-0.3, -0.25) is 9.86 Å². The van der Waals surface area contributed by atoms with E-state index in [1.165, 1.54) is 11.9 Å². The average molecular weight is 592 g/mol. The summed E-state index contributed by atoms with van der Waals surface area (Å²) in [5.74, 6) is 2.80. The third kappa shape index (κ3) is 11.8. The average Bonchev–Trinajstić information content (AvgIpc) is 3.48. The van der Waals surface area contributed by atoms with Crippen LogP contribution in [0, 0.1) is 5.92 Å². The van der Waals surface area contributed by atoms with Crippen LogP contribution < -0.4 is 14.6 Å². The summed E-state index contributed by atoms with van der Waals surface area (Å²) in [5, 5.41) is 20.2. The number of aliphatic imine (C=N–C) groups is 1. The molecule has 3 atom stereocenters. The first-order valence-electron chi connectivity index (χ1n) is 13.1. The van der Waals surface area contributed by atoms with E-state index in [0.29, 0.717) is 11.2 Å². The van der Waals surface area contributed by atoms with Crippen LogP contribution in [-0.2, 0) is 0 Å². The van der Waals surface area contributed by atoms with Crippen LogP contribution in [0.4, 0.5) is 0 Å². The van der Waals surface area contributed by atoms with E-state index in [0.717, 1.165) is 61.7 Å². The predicted molar refractivity (Wildman–Crippen MR) is 171 cm³/mol. The number of alkyl halides is 1. The third-order valence-corrected chi connectivity index (χ3v) is 7.92. The minimum Gasteiger partial charge on any atom is -0.497 e. The van der Waals surface area contributed by atoms with Crippen molar-refractivity contribution in [3.8, 4) is 5.75 Å². The minimum absolute atomic E-state index is 0.118. The Bertz CT molecular complexity index is 995. The summed E-state index contributed by atoms with van der Waals surface area (Å²) in [6.45, 7) is 5.14. The second-order valence-corrected chi connectivity index (χ2v) is 11.4. The maximum atomic E-state index is 7.00. The number of guanidine groups is 1. The molecule has 0 bridgehead atoms. The first-order chi connectivity index (χ1) is 19.0. The number of nitrogens with one attached hydrogen (secondary N) is 1. The van der Waals surface area contributed by atoms with Crippen LogP contribution in [0.5, 0.6) is 5.75 Å². The lowest BCUT2D eigenvalue weighted by Crippen LogP contribution is -2.37. The van der Waals surface area contributed by atoms with Gasteiger partial charge in [0.05, 0.1) is 30.8 Å². The van der Waals surface area contributed by atoms with E-state index < -0.39 is 0 Å². The molecule has 7 nitrogen and oxygen atoms in total. The Balaban J connectivity index is 0.000000578. The number of allylic oxidation sites excluding steroid dienone is 1. The molecule has 0 aromatic heterocycles. The third-order valence-electron chi connectivity index (χ3n) is 6.02. The van der Waals surface area contributed by atoms with Crippen LogP contribution in [0.15, 0.2) is 82.9 Å². The fraction of sp³-hybridized carbons (Fsp3) is 0.448. The summed E-state index contributed by atoms with van der Waals surface area (Å²) in [6.07, 6.45) is 7.17. The highest BCUT2D eigenvalue weighted by Gasteiger charge is 2.24. The first kappa shape index (κ1) is 33.0. The molecular weight excluding hydrogens is 550 g/mol. The van der Waals surface area contributed by atoms with Gasteiger partial charge in [0.15, 0.2) is 0 Å². The van der Waals surface area contributed by atoms with Gasteiger partial charge in [0.1, 0.15) is 5.75 Å². The lowest BCUT2D eigenvalue weighted by atomic mass is 10.1. The maximum Gasteiger partial charge on any atom is 0.225 e. The number of hydrogen-bond acceptors (Lipinski definition) is 7. The number of benzene rings is 2. The molecule has 0 saturated carbocycles. The SMILES string of the molecule is CO.COc1ccc(C2=NN(C(=NC(CSN)C(C)C)NSC3C=CC(Cl)CC3)CC2)cc1.c1ccccc1. The van der Waals surface area contributed by atoms with Crippen molar-refractivity contribution in [3.63, 3.8) is 0 Å². The highest BCUT2D eigenvalue weighted by atomic mass is 35.5. The van der Waals surface area contributed by atoms with Crippen molar-refractivity contribution in [1.29, 1.82) is 0 Å². The number of nitrogens with zero attached hydrogens (tertiary/aromatic N) is 3. The molecule has 2 aromatic rings. The molecule has 2 aliphatic rings. The van der Waals surface area contributed by atoms with Gasteiger partial charge in [-0.25, -0.2) is 10.0 Å². The molecular formula is C29H42ClN5O2S2. The fourth-order valence-corrected chi connectivity index (χ4v) is 5.45. The molecule has 39 heavy (non-hydrogen) atoms. The predicted octanol–water partition coefficient (Wildman–Crippen LogP) is 5.95. The van der Waals surface area contributed by atoms with Crippen molar-refractivity contribution < 1.29 is 9.84 Å². The van der Waals surface area contributed by atoms with Gasteiger partial charge >= 0.3 is 0 Å². The largest absolute Gasteiger partial charge is 0.497 e. The van der Waals surface area contributed by atoms with Gasteiger partial charge in [-0.15, -0.1) is 11.6 Å². The number of methoxy groups -OCH3 is 1. The Morgan fingerprint density at radius 1 is 1.13 bits per heavy atom. The zero-order chi connectivity index (χ0) is 28.5. The van der Waals surface area contributed by atoms with Gasteiger partial charge < -0.3 is 9.84 Å². The Morgan fingerprint density at radius 2 is 1.77 bits per heavy atom.